The summed E-state index contributed by atoms with van der Waals surface area (Å²) in [6.07, 6.45) is 1.91. The van der Waals surface area contributed by atoms with Crippen molar-refractivity contribution in [2.45, 2.75) is 12.5 Å². The molecular formula is C14H12N2O4. The van der Waals surface area contributed by atoms with Crippen LogP contribution in [0.3, 0.4) is 0 Å². The zero-order valence-electron chi connectivity index (χ0n) is 10.5. The van der Waals surface area contributed by atoms with E-state index in [2.05, 4.69) is 4.98 Å². The third kappa shape index (κ3) is 1.95. The molecule has 1 fully saturated rings. The lowest BCUT2D eigenvalue weighted by molar-refractivity contribution is -0.140. The summed E-state index contributed by atoms with van der Waals surface area (Å²) in [6.45, 7) is 0.346. The largest absolute Gasteiger partial charge is 0.476 e. The summed E-state index contributed by atoms with van der Waals surface area (Å²) in [4.78, 5) is 27.0. The molecule has 20 heavy (non-hydrogen) atoms. The third-order valence-corrected chi connectivity index (χ3v) is 3.29. The molecule has 1 aliphatic heterocycles. The molecule has 102 valence electrons. The van der Waals surface area contributed by atoms with E-state index in [1.54, 1.807) is 16.7 Å². The maximum atomic E-state index is 11.7. The normalized spacial score (nSPS) is 18.0. The molecule has 1 aromatic carbocycles. The standard InChI is InChI=1S/C14H12N2O4/c17-13(18)11-12(9-4-2-1-3-5-9)16(8-15-11)10-6-7-20-14(10)19/h1-5,8,10H,6-7H2,(H,17,18). The number of carbonyl (C=O) groups excluding carboxylic acids is 1. The average molecular weight is 272 g/mol. The summed E-state index contributed by atoms with van der Waals surface area (Å²) in [5.74, 6) is -1.47. The molecule has 0 bridgehead atoms. The first kappa shape index (κ1) is 12.4. The van der Waals surface area contributed by atoms with Crippen LogP contribution < -0.4 is 0 Å². The first-order valence-electron chi connectivity index (χ1n) is 6.20. The van der Waals surface area contributed by atoms with Gasteiger partial charge in [0.15, 0.2) is 5.69 Å². The highest BCUT2D eigenvalue weighted by Gasteiger charge is 2.32. The summed E-state index contributed by atoms with van der Waals surface area (Å²) >= 11 is 0. The topological polar surface area (TPSA) is 81.4 Å². The average Bonchev–Trinajstić information content (AvgIpc) is 3.05. The van der Waals surface area contributed by atoms with Crippen LogP contribution in [0, 0.1) is 0 Å². The lowest BCUT2D eigenvalue weighted by Gasteiger charge is -2.12. The number of carboxylic acids is 1. The monoisotopic (exact) mass is 272 g/mol. The van der Waals surface area contributed by atoms with Gasteiger partial charge in [0.25, 0.3) is 0 Å². The van der Waals surface area contributed by atoms with Crippen LogP contribution in [-0.2, 0) is 9.53 Å². The quantitative estimate of drug-likeness (QED) is 0.860. The highest BCUT2D eigenvalue weighted by Crippen LogP contribution is 2.30. The van der Waals surface area contributed by atoms with Crippen molar-refractivity contribution in [1.82, 2.24) is 9.55 Å². The van der Waals surface area contributed by atoms with Crippen molar-refractivity contribution < 1.29 is 19.4 Å². The fourth-order valence-corrected chi connectivity index (χ4v) is 2.37. The van der Waals surface area contributed by atoms with Gasteiger partial charge < -0.3 is 14.4 Å². The van der Waals surface area contributed by atoms with E-state index in [0.717, 1.165) is 0 Å². The van der Waals surface area contributed by atoms with E-state index in [1.165, 1.54) is 6.33 Å². The smallest absolute Gasteiger partial charge is 0.356 e. The molecule has 0 saturated carbocycles. The van der Waals surface area contributed by atoms with Crippen molar-refractivity contribution in [2.24, 2.45) is 0 Å². The molecule has 6 heteroatoms. The van der Waals surface area contributed by atoms with Crippen LogP contribution in [0.15, 0.2) is 36.7 Å². The second-order valence-corrected chi connectivity index (χ2v) is 4.49. The third-order valence-electron chi connectivity index (χ3n) is 3.29. The Morgan fingerprint density at radius 3 is 2.70 bits per heavy atom. The van der Waals surface area contributed by atoms with Gasteiger partial charge >= 0.3 is 11.9 Å². The Hall–Kier alpha value is -2.63. The van der Waals surface area contributed by atoms with Crippen LogP contribution in [0.2, 0.25) is 0 Å². The molecule has 1 unspecified atom stereocenters. The van der Waals surface area contributed by atoms with Crippen molar-refractivity contribution >= 4 is 11.9 Å². The number of aromatic nitrogens is 2. The summed E-state index contributed by atoms with van der Waals surface area (Å²) < 4.78 is 6.54. The van der Waals surface area contributed by atoms with Crippen LogP contribution in [0.5, 0.6) is 0 Å². The molecule has 0 amide bonds. The van der Waals surface area contributed by atoms with Crippen LogP contribution in [0.4, 0.5) is 0 Å². The maximum Gasteiger partial charge on any atom is 0.356 e. The van der Waals surface area contributed by atoms with Gasteiger partial charge in [-0.1, -0.05) is 30.3 Å². The molecule has 1 aromatic heterocycles. The first-order chi connectivity index (χ1) is 9.68. The number of nitrogens with zero attached hydrogens (tertiary/aromatic N) is 2. The molecule has 0 aliphatic carbocycles. The second kappa shape index (κ2) is 4.80. The minimum atomic E-state index is -1.12. The molecule has 2 heterocycles. The van der Waals surface area contributed by atoms with E-state index >= 15 is 0 Å². The number of carbonyl (C=O) groups is 2. The Morgan fingerprint density at radius 1 is 1.35 bits per heavy atom. The summed E-state index contributed by atoms with van der Waals surface area (Å²) in [5.41, 5.74) is 1.08. The van der Waals surface area contributed by atoms with Gasteiger partial charge in [-0.25, -0.2) is 14.6 Å². The number of carboxylic acid groups (broad SMARTS) is 1. The van der Waals surface area contributed by atoms with E-state index in [-0.39, 0.29) is 11.7 Å². The number of ether oxygens (including phenoxy) is 1. The molecule has 0 spiro atoms. The van der Waals surface area contributed by atoms with Crippen molar-refractivity contribution in [3.8, 4) is 11.3 Å². The first-order valence-corrected chi connectivity index (χ1v) is 6.20. The van der Waals surface area contributed by atoms with Crippen LogP contribution in [-0.4, -0.2) is 33.2 Å². The molecule has 6 nitrogen and oxygen atoms in total. The Kier molecular flexibility index (Phi) is 2.98. The van der Waals surface area contributed by atoms with E-state index in [9.17, 15) is 14.7 Å². The zero-order chi connectivity index (χ0) is 14.1. The Morgan fingerprint density at radius 2 is 2.10 bits per heavy atom. The molecule has 1 saturated heterocycles. The Labute approximate surface area is 114 Å². The number of hydrogen-bond acceptors (Lipinski definition) is 4. The van der Waals surface area contributed by atoms with E-state index in [0.29, 0.717) is 24.3 Å². The van der Waals surface area contributed by atoms with Crippen molar-refractivity contribution in [1.29, 1.82) is 0 Å². The number of hydrogen-bond donors (Lipinski definition) is 1. The van der Waals surface area contributed by atoms with Gasteiger partial charge in [-0.15, -0.1) is 0 Å². The van der Waals surface area contributed by atoms with Gasteiger partial charge in [-0.2, -0.15) is 0 Å². The highest BCUT2D eigenvalue weighted by atomic mass is 16.5. The molecule has 1 N–H and O–H groups in total. The van der Waals surface area contributed by atoms with E-state index in [1.807, 2.05) is 18.2 Å². The predicted molar refractivity (Wildman–Crippen MR) is 69.2 cm³/mol. The lowest BCUT2D eigenvalue weighted by atomic mass is 10.1. The second-order valence-electron chi connectivity index (χ2n) is 4.49. The van der Waals surface area contributed by atoms with Crippen molar-refractivity contribution in [2.75, 3.05) is 6.61 Å². The minimum Gasteiger partial charge on any atom is -0.476 e. The molecule has 1 atom stereocenters. The van der Waals surface area contributed by atoms with Crippen molar-refractivity contribution in [3.63, 3.8) is 0 Å². The van der Waals surface area contributed by atoms with Gasteiger partial charge in [0, 0.05) is 12.0 Å². The fraction of sp³-hybridized carbons (Fsp3) is 0.214. The number of cyclic esters (lactones) is 1. The number of aromatic carboxylic acids is 1. The van der Waals surface area contributed by atoms with Gasteiger partial charge in [0.1, 0.15) is 6.04 Å². The fourth-order valence-electron chi connectivity index (χ4n) is 2.37. The number of esters is 1. The Bertz CT molecular complexity index is 663. The number of rotatable bonds is 3. The summed E-state index contributed by atoms with van der Waals surface area (Å²) in [7, 11) is 0. The minimum absolute atomic E-state index is 0.0594. The van der Waals surface area contributed by atoms with Crippen molar-refractivity contribution in [3.05, 3.63) is 42.4 Å². The molecule has 1 aliphatic rings. The summed E-state index contributed by atoms with van der Waals surface area (Å²) in [6, 6.07) is 8.54. The SMILES string of the molecule is O=C(O)c1ncn(C2CCOC2=O)c1-c1ccccc1. The molecular weight excluding hydrogens is 260 g/mol. The summed E-state index contributed by atoms with van der Waals surface area (Å²) in [5, 5.41) is 9.26. The van der Waals surface area contributed by atoms with E-state index in [4.69, 9.17) is 4.74 Å². The van der Waals surface area contributed by atoms with Gasteiger partial charge in [0.05, 0.1) is 18.6 Å². The number of imidazole rings is 1. The Balaban J connectivity index is 2.16. The highest BCUT2D eigenvalue weighted by molar-refractivity contribution is 5.93. The van der Waals surface area contributed by atoms with Crippen LogP contribution >= 0.6 is 0 Å². The van der Waals surface area contributed by atoms with Crippen LogP contribution in [0.1, 0.15) is 23.0 Å². The molecule has 0 radical (unpaired) electrons. The maximum absolute atomic E-state index is 11.7. The van der Waals surface area contributed by atoms with Gasteiger partial charge in [-0.05, 0) is 0 Å². The molecule has 3 rings (SSSR count). The number of benzene rings is 1. The zero-order valence-corrected chi connectivity index (χ0v) is 10.5. The van der Waals surface area contributed by atoms with Gasteiger partial charge in [-0.3, -0.25) is 0 Å². The lowest BCUT2D eigenvalue weighted by Crippen LogP contribution is -2.15. The van der Waals surface area contributed by atoms with E-state index < -0.39 is 12.0 Å². The molecule has 2 aromatic rings. The van der Waals surface area contributed by atoms with Gasteiger partial charge in [0.2, 0.25) is 0 Å². The predicted octanol–water partition coefficient (Wildman–Crippen LogP) is 1.74. The van der Waals surface area contributed by atoms with Crippen LogP contribution in [0.25, 0.3) is 11.3 Å².